The van der Waals surface area contributed by atoms with Crippen LogP contribution in [0, 0.1) is 0 Å². The van der Waals surface area contributed by atoms with Crippen molar-refractivity contribution in [1.29, 1.82) is 0 Å². The van der Waals surface area contributed by atoms with Gasteiger partial charge in [-0.05, 0) is 0 Å². The molecule has 0 radical (unpaired) electrons. The van der Waals surface area contributed by atoms with E-state index in [0.717, 1.165) is 34.4 Å². The summed E-state index contributed by atoms with van der Waals surface area (Å²) >= 11 is 0. The average molecular weight is 924 g/mol. The van der Waals surface area contributed by atoms with Crippen molar-refractivity contribution in [2.75, 3.05) is 24.7 Å². The summed E-state index contributed by atoms with van der Waals surface area (Å²) in [5, 5.41) is 43.0. The standard InChI is InChI=1S/C20H29N10O22P5.Li.H/c21-15-9-17(25-3-23-15)29(5-27-9)19-13(33)11(31)7(47-19)1-45-57(44,52-56(42,43)51-55(40,41)50-54(38,39)49-53(35,36)37)46-2-8-12(32)14(34)20(48-8)30-6-28-10-16(22)24-4-26-18(10)30;;/h3-8,11-14,19-20,31-34H,1-2H2,(H,38,39)(H,40,41)(H,42,43)(H2,21,23,25)(H2,22,24,26)(H2,35,36,37);;/t7-,8-,11?,12?,13?,14?,19-,20-,57?;;/m1../s1. The number of hydrogen-bond donors (Lipinski definition) is 11. The van der Waals surface area contributed by atoms with Gasteiger partial charge in [-0.1, -0.05) is 0 Å². The molecule has 4 aromatic heterocycles. The zero-order valence-electron chi connectivity index (χ0n) is 27.6. The summed E-state index contributed by atoms with van der Waals surface area (Å²) < 4.78 is 100. The molecular weight excluding hydrogens is 894 g/mol. The first-order valence-electron chi connectivity index (χ1n) is 15.1. The predicted octanol–water partition coefficient (Wildman–Crippen LogP) is -2.98. The van der Waals surface area contributed by atoms with Crippen molar-refractivity contribution in [3.63, 3.8) is 0 Å². The Morgan fingerprint density at radius 2 is 0.966 bits per heavy atom. The molecule has 0 aromatic carbocycles. The van der Waals surface area contributed by atoms with E-state index in [4.69, 9.17) is 39.8 Å². The average Bonchev–Trinajstić information content (AvgIpc) is 3.83. The Morgan fingerprint density at radius 3 is 1.36 bits per heavy atom. The third-order valence-electron chi connectivity index (χ3n) is 7.62. The molecule has 0 spiro atoms. The summed E-state index contributed by atoms with van der Waals surface area (Å²) in [7, 11) is -30.8. The molecule has 0 bridgehead atoms. The van der Waals surface area contributed by atoms with Gasteiger partial charge in [0.25, 0.3) is 0 Å². The Balaban J connectivity index is 0.00000641. The van der Waals surface area contributed by atoms with E-state index in [2.05, 4.69) is 47.1 Å². The summed E-state index contributed by atoms with van der Waals surface area (Å²) in [6.45, 7) is -2.38. The first-order valence-corrected chi connectivity index (χ1v) is 22.5. The molecular formula is C20H30LiN10O22P5. The van der Waals surface area contributed by atoms with E-state index in [1.165, 1.54) is 0 Å². The monoisotopic (exact) mass is 924 g/mol. The number of rotatable bonds is 16. The van der Waals surface area contributed by atoms with Crippen LogP contribution in [0.3, 0.4) is 0 Å². The van der Waals surface area contributed by atoms with Crippen molar-refractivity contribution >= 4 is 91.9 Å². The summed E-state index contributed by atoms with van der Waals surface area (Å²) in [4.78, 5) is 70.4. The minimum atomic E-state index is -6.45. The van der Waals surface area contributed by atoms with Gasteiger partial charge in [0.2, 0.25) is 0 Å². The molecule has 0 amide bonds. The summed E-state index contributed by atoms with van der Waals surface area (Å²) in [5.74, 6) is -0.113. The van der Waals surface area contributed by atoms with Gasteiger partial charge in [0, 0.05) is 0 Å². The van der Waals surface area contributed by atoms with Crippen LogP contribution in [-0.2, 0) is 58.6 Å². The number of ether oxygens (including phenoxy) is 2. The van der Waals surface area contributed by atoms with Gasteiger partial charge in [-0.25, -0.2) is 52.7 Å². The normalized spacial score (nSPS) is 29.4. The van der Waals surface area contributed by atoms with Crippen molar-refractivity contribution < 1.29 is 103 Å². The molecule has 6 heterocycles. The number of imidazole rings is 2. The zero-order chi connectivity index (χ0) is 41.9. The van der Waals surface area contributed by atoms with Gasteiger partial charge in [0.1, 0.15) is 60.3 Å². The molecule has 2 saturated heterocycles. The predicted molar refractivity (Wildman–Crippen MR) is 184 cm³/mol. The van der Waals surface area contributed by atoms with E-state index in [0.29, 0.717) is 0 Å². The Morgan fingerprint density at radius 1 is 0.586 bits per heavy atom. The fraction of sp³-hybridized carbons (Fsp3) is 0.500. The first-order chi connectivity index (χ1) is 26.4. The van der Waals surface area contributed by atoms with Crippen LogP contribution >= 0.6 is 39.1 Å². The molecule has 13 N–H and O–H groups in total. The number of anilines is 2. The van der Waals surface area contributed by atoms with Crippen molar-refractivity contribution in [2.45, 2.75) is 49.1 Å². The van der Waals surface area contributed by atoms with Crippen LogP contribution in [0.2, 0.25) is 0 Å². The number of phosphoric ester groups is 1. The van der Waals surface area contributed by atoms with Gasteiger partial charge in [-0.15, -0.1) is 0 Å². The molecule has 58 heavy (non-hydrogen) atoms. The molecule has 2 aliphatic rings. The second-order valence-electron chi connectivity index (χ2n) is 11.5. The van der Waals surface area contributed by atoms with Crippen LogP contribution in [0.4, 0.5) is 11.6 Å². The van der Waals surface area contributed by atoms with E-state index in [9.17, 15) is 57.9 Å². The third kappa shape index (κ3) is 10.4. The Kier molecular flexibility index (Phi) is 13.9. The van der Waals surface area contributed by atoms with E-state index in [1.54, 1.807) is 0 Å². The molecule has 7 unspecified atom stereocenters. The molecule has 38 heteroatoms. The van der Waals surface area contributed by atoms with Gasteiger partial charge in [0.05, 0.1) is 25.9 Å². The summed E-state index contributed by atoms with van der Waals surface area (Å²) in [5.41, 5.74) is 11.8. The first kappa shape index (κ1) is 46.8. The summed E-state index contributed by atoms with van der Waals surface area (Å²) in [6, 6.07) is 0. The molecule has 4 aromatic rings. The summed E-state index contributed by atoms with van der Waals surface area (Å²) in [6.07, 6.45) is -9.51. The Bertz CT molecular complexity index is 2270. The van der Waals surface area contributed by atoms with Gasteiger partial charge >= 0.3 is 58.0 Å². The van der Waals surface area contributed by atoms with Gasteiger partial charge in [0.15, 0.2) is 35.4 Å². The van der Waals surface area contributed by atoms with Crippen LogP contribution < -0.4 is 11.5 Å². The number of nitrogens with two attached hydrogens (primary N) is 2. The van der Waals surface area contributed by atoms with Crippen molar-refractivity contribution in [1.82, 2.24) is 39.0 Å². The number of phosphoric acid groups is 5. The van der Waals surface area contributed by atoms with Gasteiger partial charge in [-0.2, -0.15) is 17.2 Å². The van der Waals surface area contributed by atoms with Crippen LogP contribution in [0.1, 0.15) is 12.5 Å². The number of aliphatic hydroxyl groups excluding tert-OH is 4. The number of aromatic nitrogens is 8. The van der Waals surface area contributed by atoms with Crippen molar-refractivity contribution in [3.8, 4) is 0 Å². The molecule has 2 fully saturated rings. The Labute approximate surface area is 332 Å². The second kappa shape index (κ2) is 17.3. The quantitative estimate of drug-likeness (QED) is 0.0394. The molecule has 318 valence electrons. The van der Waals surface area contributed by atoms with E-state index >= 15 is 0 Å². The minimum absolute atomic E-state index is 0. The SMILES string of the molecule is Nc1ncnc2c1ncn2[C@@H]1O[C@H](COP(=O)(OC[C@H]2O[C@@H](n3cnc4c(N)ncnc43)C(O)C2O)OP(=O)(O)OP(=O)(O)OP(=O)(O)OP(=O)(O)O)C(O)C1O.[LiH]. The molecule has 0 aliphatic carbocycles. The van der Waals surface area contributed by atoms with E-state index < -0.39 is 101 Å². The molecule has 32 nitrogen and oxygen atoms in total. The van der Waals surface area contributed by atoms with E-state index in [1.807, 2.05) is 0 Å². The van der Waals surface area contributed by atoms with Crippen LogP contribution in [0.25, 0.3) is 22.3 Å². The molecule has 6 rings (SSSR count). The fourth-order valence-corrected chi connectivity index (χ4v) is 11.7. The third-order valence-corrected chi connectivity index (χ3v) is 15.2. The number of nitrogen functional groups attached to an aromatic ring is 2. The Hall–Kier alpha value is -2.23. The van der Waals surface area contributed by atoms with Crippen LogP contribution in [-0.4, -0.2) is 153 Å². The van der Waals surface area contributed by atoms with E-state index in [-0.39, 0.29) is 52.8 Å². The number of fused-ring (bicyclic) bond motifs is 2. The maximum absolute atomic E-state index is 13.9. The topological polar surface area (TPSA) is 481 Å². The number of nitrogens with zero attached hydrogens (tertiary/aromatic N) is 8. The van der Waals surface area contributed by atoms with Crippen molar-refractivity contribution in [2.24, 2.45) is 0 Å². The fourth-order valence-electron chi connectivity index (χ4n) is 5.29. The van der Waals surface area contributed by atoms with Gasteiger partial charge < -0.3 is 65.8 Å². The maximum atomic E-state index is 13.9. The second-order valence-corrected chi connectivity index (χ2v) is 19.3. The van der Waals surface area contributed by atoms with Gasteiger partial charge in [-0.3, -0.25) is 18.2 Å². The zero-order valence-corrected chi connectivity index (χ0v) is 32.1. The number of aliphatic hydroxyl groups is 4. The molecule has 2 aliphatic heterocycles. The van der Waals surface area contributed by atoms with Crippen LogP contribution in [0.15, 0.2) is 25.3 Å². The number of hydrogen-bond acceptors (Lipinski definition) is 25. The molecule has 11 atom stereocenters. The molecule has 0 saturated carbocycles. The van der Waals surface area contributed by atoms with Crippen molar-refractivity contribution in [3.05, 3.63) is 25.3 Å². The van der Waals surface area contributed by atoms with Crippen LogP contribution in [0.5, 0.6) is 0 Å².